The van der Waals surface area contributed by atoms with Gasteiger partial charge in [0, 0.05) is 32.2 Å². The maximum atomic E-state index is 11.6. The molecule has 0 bridgehead atoms. The zero-order valence-corrected chi connectivity index (χ0v) is 11.6. The van der Waals surface area contributed by atoms with Gasteiger partial charge in [-0.1, -0.05) is 30.3 Å². The standard InChI is InChI=1S/C15H22N2O2/c1-12(2)16-8-10-17(11-9-16)14(15(18)19)13-6-4-3-5-7-13/h3-7,12,14H,8-11H2,1-2H3,(H,18,19). The first-order chi connectivity index (χ1) is 9.09. The molecule has 1 fully saturated rings. The molecular formula is C15H22N2O2. The van der Waals surface area contributed by atoms with Gasteiger partial charge in [0.2, 0.25) is 0 Å². The summed E-state index contributed by atoms with van der Waals surface area (Å²) in [5.41, 5.74) is 0.869. The zero-order valence-electron chi connectivity index (χ0n) is 11.6. The lowest BCUT2D eigenvalue weighted by Crippen LogP contribution is -2.51. The van der Waals surface area contributed by atoms with Crippen molar-refractivity contribution in [1.82, 2.24) is 9.80 Å². The average molecular weight is 262 g/mol. The molecule has 0 spiro atoms. The molecule has 1 saturated heterocycles. The van der Waals surface area contributed by atoms with Crippen molar-refractivity contribution in [2.24, 2.45) is 0 Å². The molecule has 1 heterocycles. The van der Waals surface area contributed by atoms with Gasteiger partial charge in [0.05, 0.1) is 0 Å². The van der Waals surface area contributed by atoms with Crippen LogP contribution in [0.1, 0.15) is 25.5 Å². The number of nitrogens with zero attached hydrogens (tertiary/aromatic N) is 2. The van der Waals surface area contributed by atoms with E-state index in [2.05, 4.69) is 23.6 Å². The topological polar surface area (TPSA) is 43.8 Å². The first kappa shape index (κ1) is 14.0. The average Bonchev–Trinajstić information content (AvgIpc) is 2.40. The van der Waals surface area contributed by atoms with Gasteiger partial charge in [-0.15, -0.1) is 0 Å². The van der Waals surface area contributed by atoms with Gasteiger partial charge >= 0.3 is 5.97 Å². The lowest BCUT2D eigenvalue weighted by molar-refractivity contribution is -0.144. The molecule has 1 unspecified atom stereocenters. The molecule has 1 aliphatic rings. The quantitative estimate of drug-likeness (QED) is 0.899. The second-order valence-corrected chi connectivity index (χ2v) is 5.32. The van der Waals surface area contributed by atoms with E-state index in [1.54, 1.807) is 0 Å². The highest BCUT2D eigenvalue weighted by atomic mass is 16.4. The molecule has 1 aromatic rings. The van der Waals surface area contributed by atoms with Crippen LogP contribution in [0.25, 0.3) is 0 Å². The van der Waals surface area contributed by atoms with Gasteiger partial charge in [0.1, 0.15) is 6.04 Å². The Morgan fingerprint density at radius 1 is 1.05 bits per heavy atom. The Kier molecular flexibility index (Phi) is 4.56. The number of carbonyl (C=O) groups is 1. The summed E-state index contributed by atoms with van der Waals surface area (Å²) in [6.45, 7) is 7.86. The third-order valence-corrected chi connectivity index (χ3v) is 3.79. The Bertz CT molecular complexity index is 411. The molecule has 1 atom stereocenters. The van der Waals surface area contributed by atoms with Gasteiger partial charge in [-0.25, -0.2) is 0 Å². The molecule has 104 valence electrons. The summed E-state index contributed by atoms with van der Waals surface area (Å²) in [5.74, 6) is -0.760. The van der Waals surface area contributed by atoms with E-state index in [0.29, 0.717) is 6.04 Å². The summed E-state index contributed by atoms with van der Waals surface area (Å²) in [6, 6.07) is 9.52. The minimum atomic E-state index is -0.760. The van der Waals surface area contributed by atoms with Gasteiger partial charge in [0.15, 0.2) is 0 Å². The van der Waals surface area contributed by atoms with Crippen molar-refractivity contribution in [3.8, 4) is 0 Å². The number of hydrogen-bond acceptors (Lipinski definition) is 3. The highest BCUT2D eigenvalue weighted by molar-refractivity contribution is 5.75. The Balaban J connectivity index is 2.08. The van der Waals surface area contributed by atoms with Crippen LogP contribution in [0, 0.1) is 0 Å². The third-order valence-electron chi connectivity index (χ3n) is 3.79. The van der Waals surface area contributed by atoms with E-state index in [1.807, 2.05) is 30.3 Å². The largest absolute Gasteiger partial charge is 0.480 e. The van der Waals surface area contributed by atoms with Crippen LogP contribution >= 0.6 is 0 Å². The van der Waals surface area contributed by atoms with Gasteiger partial charge in [-0.3, -0.25) is 14.6 Å². The Labute approximate surface area is 114 Å². The van der Waals surface area contributed by atoms with Crippen molar-refractivity contribution >= 4 is 5.97 Å². The summed E-state index contributed by atoms with van der Waals surface area (Å²) >= 11 is 0. The number of aliphatic carboxylic acids is 1. The normalized spacial score (nSPS) is 19.5. The number of piperazine rings is 1. The molecule has 0 aliphatic carbocycles. The van der Waals surface area contributed by atoms with E-state index in [-0.39, 0.29) is 0 Å². The van der Waals surface area contributed by atoms with Crippen molar-refractivity contribution < 1.29 is 9.90 Å². The van der Waals surface area contributed by atoms with Crippen LogP contribution in [0.3, 0.4) is 0 Å². The van der Waals surface area contributed by atoms with E-state index >= 15 is 0 Å². The van der Waals surface area contributed by atoms with E-state index in [0.717, 1.165) is 31.7 Å². The Morgan fingerprint density at radius 2 is 1.58 bits per heavy atom. The molecule has 0 radical (unpaired) electrons. The lowest BCUT2D eigenvalue weighted by Gasteiger charge is -2.39. The van der Waals surface area contributed by atoms with E-state index in [9.17, 15) is 9.90 Å². The van der Waals surface area contributed by atoms with Crippen molar-refractivity contribution in [3.05, 3.63) is 35.9 Å². The zero-order chi connectivity index (χ0) is 13.8. The number of carboxylic acid groups (broad SMARTS) is 1. The van der Waals surface area contributed by atoms with Crippen LogP contribution in [0.5, 0.6) is 0 Å². The molecule has 0 amide bonds. The van der Waals surface area contributed by atoms with Gasteiger partial charge in [0.25, 0.3) is 0 Å². The van der Waals surface area contributed by atoms with Crippen molar-refractivity contribution in [2.45, 2.75) is 25.9 Å². The second-order valence-electron chi connectivity index (χ2n) is 5.32. The second kappa shape index (κ2) is 6.17. The number of hydrogen-bond donors (Lipinski definition) is 1. The summed E-state index contributed by atoms with van der Waals surface area (Å²) in [4.78, 5) is 16.0. The van der Waals surface area contributed by atoms with Crippen LogP contribution in [0.4, 0.5) is 0 Å². The van der Waals surface area contributed by atoms with E-state index < -0.39 is 12.0 Å². The van der Waals surface area contributed by atoms with Crippen LogP contribution in [0.2, 0.25) is 0 Å². The Hall–Kier alpha value is -1.39. The van der Waals surface area contributed by atoms with Crippen LogP contribution in [0.15, 0.2) is 30.3 Å². The molecule has 1 aromatic carbocycles. The number of carboxylic acids is 1. The van der Waals surface area contributed by atoms with Crippen LogP contribution in [-0.2, 0) is 4.79 Å². The summed E-state index contributed by atoms with van der Waals surface area (Å²) in [5, 5.41) is 9.50. The van der Waals surface area contributed by atoms with Crippen molar-refractivity contribution in [3.63, 3.8) is 0 Å². The number of benzene rings is 1. The summed E-state index contributed by atoms with van der Waals surface area (Å²) in [6.07, 6.45) is 0. The van der Waals surface area contributed by atoms with Gasteiger partial charge in [-0.05, 0) is 19.4 Å². The molecule has 2 rings (SSSR count). The molecule has 1 aliphatic heterocycles. The molecule has 1 N–H and O–H groups in total. The third kappa shape index (κ3) is 3.33. The fraction of sp³-hybridized carbons (Fsp3) is 0.533. The Morgan fingerprint density at radius 3 is 2.05 bits per heavy atom. The molecule has 0 saturated carbocycles. The smallest absolute Gasteiger partial charge is 0.325 e. The summed E-state index contributed by atoms with van der Waals surface area (Å²) in [7, 11) is 0. The van der Waals surface area contributed by atoms with Crippen molar-refractivity contribution in [1.29, 1.82) is 0 Å². The maximum absolute atomic E-state index is 11.6. The predicted octanol–water partition coefficient (Wildman–Crippen LogP) is 1.84. The number of rotatable bonds is 4. The predicted molar refractivity (Wildman–Crippen MR) is 75.1 cm³/mol. The van der Waals surface area contributed by atoms with Gasteiger partial charge in [-0.2, -0.15) is 0 Å². The molecule has 4 heteroatoms. The van der Waals surface area contributed by atoms with E-state index in [4.69, 9.17) is 0 Å². The van der Waals surface area contributed by atoms with Crippen LogP contribution in [-0.4, -0.2) is 53.1 Å². The fourth-order valence-electron chi connectivity index (χ4n) is 2.66. The SMILES string of the molecule is CC(C)N1CCN(C(C(=O)O)c2ccccc2)CC1. The van der Waals surface area contributed by atoms with Crippen molar-refractivity contribution in [2.75, 3.05) is 26.2 Å². The van der Waals surface area contributed by atoms with Crippen LogP contribution < -0.4 is 0 Å². The fourth-order valence-corrected chi connectivity index (χ4v) is 2.66. The minimum Gasteiger partial charge on any atom is -0.480 e. The molecule has 4 nitrogen and oxygen atoms in total. The molecule has 0 aromatic heterocycles. The molecule has 19 heavy (non-hydrogen) atoms. The maximum Gasteiger partial charge on any atom is 0.325 e. The first-order valence-corrected chi connectivity index (χ1v) is 6.85. The highest BCUT2D eigenvalue weighted by Crippen LogP contribution is 2.22. The molecular weight excluding hydrogens is 240 g/mol. The van der Waals surface area contributed by atoms with Gasteiger partial charge < -0.3 is 5.11 Å². The summed E-state index contributed by atoms with van der Waals surface area (Å²) < 4.78 is 0. The minimum absolute atomic E-state index is 0.518. The lowest BCUT2D eigenvalue weighted by atomic mass is 10.0. The monoisotopic (exact) mass is 262 g/mol. The van der Waals surface area contributed by atoms with E-state index in [1.165, 1.54) is 0 Å². The highest BCUT2D eigenvalue weighted by Gasteiger charge is 2.30. The first-order valence-electron chi connectivity index (χ1n) is 6.85.